The molecular formula is C29H33ClN2O3. The van der Waals surface area contributed by atoms with Gasteiger partial charge in [0, 0.05) is 31.0 Å². The van der Waals surface area contributed by atoms with E-state index in [1.54, 1.807) is 29.2 Å². The number of rotatable bonds is 12. The topological polar surface area (TPSA) is 58.6 Å². The first-order valence-corrected chi connectivity index (χ1v) is 12.4. The van der Waals surface area contributed by atoms with Crippen molar-refractivity contribution in [2.75, 3.05) is 13.2 Å². The molecule has 0 aromatic heterocycles. The van der Waals surface area contributed by atoms with Crippen molar-refractivity contribution in [1.82, 2.24) is 10.2 Å². The molecule has 0 aliphatic heterocycles. The summed E-state index contributed by atoms with van der Waals surface area (Å²) in [4.78, 5) is 28.4. The van der Waals surface area contributed by atoms with Gasteiger partial charge in [0.25, 0.3) is 0 Å². The fourth-order valence-electron chi connectivity index (χ4n) is 3.94. The number of amides is 2. The highest BCUT2D eigenvalue weighted by Crippen LogP contribution is 2.18. The number of aryl methyl sites for hydroxylation is 1. The fraction of sp³-hybridized carbons (Fsp3) is 0.310. The molecule has 5 nitrogen and oxygen atoms in total. The smallest absolute Gasteiger partial charge is 0.243 e. The summed E-state index contributed by atoms with van der Waals surface area (Å²) in [6, 6.07) is 24.4. The summed E-state index contributed by atoms with van der Waals surface area (Å²) >= 11 is 5.92. The first-order valence-electron chi connectivity index (χ1n) is 12.0. The van der Waals surface area contributed by atoms with Gasteiger partial charge in [-0.25, -0.2) is 0 Å². The van der Waals surface area contributed by atoms with Gasteiger partial charge in [0.1, 0.15) is 11.8 Å². The summed E-state index contributed by atoms with van der Waals surface area (Å²) in [5.41, 5.74) is 3.12. The van der Waals surface area contributed by atoms with Gasteiger partial charge in [-0.05, 0) is 55.7 Å². The lowest BCUT2D eigenvalue weighted by Gasteiger charge is -2.31. The van der Waals surface area contributed by atoms with E-state index in [4.69, 9.17) is 16.3 Å². The second kappa shape index (κ2) is 13.5. The van der Waals surface area contributed by atoms with Crippen LogP contribution in [0.5, 0.6) is 5.75 Å². The maximum atomic E-state index is 13.5. The molecule has 2 amide bonds. The Morgan fingerprint density at radius 3 is 2.37 bits per heavy atom. The number of likely N-dealkylation sites (N-methyl/N-ethyl adjacent to an activating group) is 1. The predicted octanol–water partition coefficient (Wildman–Crippen LogP) is 5.58. The summed E-state index contributed by atoms with van der Waals surface area (Å²) in [6.07, 6.45) is 1.27. The minimum Gasteiger partial charge on any atom is -0.494 e. The summed E-state index contributed by atoms with van der Waals surface area (Å²) in [5.74, 6) is 0.496. The molecule has 0 radical (unpaired) electrons. The Kier molecular flexibility index (Phi) is 10.2. The number of carbonyl (C=O) groups excluding carboxylic acids is 2. The Hall–Kier alpha value is -3.31. The zero-order valence-corrected chi connectivity index (χ0v) is 21.1. The molecule has 184 valence electrons. The van der Waals surface area contributed by atoms with E-state index in [-0.39, 0.29) is 18.2 Å². The average Bonchev–Trinajstić information content (AvgIpc) is 2.86. The van der Waals surface area contributed by atoms with Crippen LogP contribution in [-0.2, 0) is 22.6 Å². The van der Waals surface area contributed by atoms with Gasteiger partial charge in [-0.1, -0.05) is 71.8 Å². The molecule has 3 aromatic rings. The summed E-state index contributed by atoms with van der Waals surface area (Å²) in [7, 11) is 0. The summed E-state index contributed by atoms with van der Waals surface area (Å²) in [6.45, 7) is 5.18. The number of ether oxygens (including phenoxy) is 1. The van der Waals surface area contributed by atoms with Crippen LogP contribution in [0, 0.1) is 6.92 Å². The second-order valence-electron chi connectivity index (χ2n) is 8.52. The summed E-state index contributed by atoms with van der Waals surface area (Å²) in [5, 5.41) is 3.57. The van der Waals surface area contributed by atoms with Gasteiger partial charge in [0.15, 0.2) is 0 Å². The van der Waals surface area contributed by atoms with Crippen molar-refractivity contribution in [2.45, 2.75) is 45.7 Å². The van der Waals surface area contributed by atoms with Crippen LogP contribution in [0.25, 0.3) is 0 Å². The molecule has 0 spiro atoms. The van der Waals surface area contributed by atoms with Crippen LogP contribution < -0.4 is 10.1 Å². The number of carbonyl (C=O) groups is 2. The van der Waals surface area contributed by atoms with Crippen molar-refractivity contribution in [3.8, 4) is 5.75 Å². The van der Waals surface area contributed by atoms with Gasteiger partial charge < -0.3 is 15.0 Å². The highest BCUT2D eigenvalue weighted by Gasteiger charge is 2.29. The predicted molar refractivity (Wildman–Crippen MR) is 141 cm³/mol. The number of hydrogen-bond acceptors (Lipinski definition) is 3. The van der Waals surface area contributed by atoms with E-state index in [1.807, 2.05) is 62.4 Å². The molecule has 0 bridgehead atoms. The van der Waals surface area contributed by atoms with Gasteiger partial charge in [-0.2, -0.15) is 0 Å². The van der Waals surface area contributed by atoms with Crippen LogP contribution in [0.1, 0.15) is 36.5 Å². The van der Waals surface area contributed by atoms with Crippen LogP contribution in [0.2, 0.25) is 5.02 Å². The third-order valence-corrected chi connectivity index (χ3v) is 5.93. The summed E-state index contributed by atoms with van der Waals surface area (Å²) < 4.78 is 5.76. The van der Waals surface area contributed by atoms with E-state index >= 15 is 0 Å². The van der Waals surface area contributed by atoms with Crippen molar-refractivity contribution in [2.24, 2.45) is 0 Å². The molecule has 0 aliphatic rings. The van der Waals surface area contributed by atoms with Crippen LogP contribution in [0.15, 0.2) is 78.9 Å². The molecule has 0 unspecified atom stereocenters. The van der Waals surface area contributed by atoms with Crippen molar-refractivity contribution in [1.29, 1.82) is 0 Å². The first kappa shape index (κ1) is 26.3. The quantitative estimate of drug-likeness (QED) is 0.335. The molecular weight excluding hydrogens is 460 g/mol. The number of hydrogen-bond donors (Lipinski definition) is 1. The van der Waals surface area contributed by atoms with Crippen LogP contribution in [0.4, 0.5) is 0 Å². The minimum absolute atomic E-state index is 0.0709. The van der Waals surface area contributed by atoms with Gasteiger partial charge in [0.05, 0.1) is 6.61 Å². The van der Waals surface area contributed by atoms with E-state index in [9.17, 15) is 9.59 Å². The second-order valence-corrected chi connectivity index (χ2v) is 8.95. The first-order chi connectivity index (χ1) is 17.0. The zero-order chi connectivity index (χ0) is 25.0. The highest BCUT2D eigenvalue weighted by molar-refractivity contribution is 6.30. The van der Waals surface area contributed by atoms with Gasteiger partial charge in [-0.15, -0.1) is 0 Å². The largest absolute Gasteiger partial charge is 0.494 e. The highest BCUT2D eigenvalue weighted by atomic mass is 35.5. The lowest BCUT2D eigenvalue weighted by Crippen LogP contribution is -2.50. The van der Waals surface area contributed by atoms with E-state index in [0.717, 1.165) is 16.7 Å². The number of benzene rings is 3. The molecule has 3 aromatic carbocycles. The molecule has 35 heavy (non-hydrogen) atoms. The van der Waals surface area contributed by atoms with Crippen molar-refractivity contribution in [3.05, 3.63) is 101 Å². The van der Waals surface area contributed by atoms with E-state index < -0.39 is 6.04 Å². The van der Waals surface area contributed by atoms with E-state index in [0.29, 0.717) is 43.3 Å². The lowest BCUT2D eigenvalue weighted by molar-refractivity contribution is -0.141. The van der Waals surface area contributed by atoms with Crippen LogP contribution in [0.3, 0.4) is 0 Å². The normalized spacial score (nSPS) is 11.5. The molecule has 1 atom stereocenters. The minimum atomic E-state index is -0.609. The average molecular weight is 493 g/mol. The van der Waals surface area contributed by atoms with Crippen LogP contribution >= 0.6 is 11.6 Å². The van der Waals surface area contributed by atoms with E-state index in [2.05, 4.69) is 11.4 Å². The molecule has 6 heteroatoms. The maximum Gasteiger partial charge on any atom is 0.243 e. The Morgan fingerprint density at radius 2 is 1.69 bits per heavy atom. The zero-order valence-electron chi connectivity index (χ0n) is 20.4. The molecule has 1 N–H and O–H groups in total. The van der Waals surface area contributed by atoms with Crippen molar-refractivity contribution >= 4 is 23.4 Å². The number of halogens is 1. The Labute approximate surface area is 213 Å². The van der Waals surface area contributed by atoms with Gasteiger partial charge >= 0.3 is 0 Å². The third-order valence-electron chi connectivity index (χ3n) is 5.67. The lowest BCUT2D eigenvalue weighted by atomic mass is 10.0. The number of nitrogens with zero attached hydrogens (tertiary/aromatic N) is 1. The molecule has 0 saturated heterocycles. The Bertz CT molecular complexity index is 1090. The molecule has 3 rings (SSSR count). The Morgan fingerprint density at radius 1 is 0.971 bits per heavy atom. The van der Waals surface area contributed by atoms with Crippen LogP contribution in [-0.4, -0.2) is 35.9 Å². The molecule has 0 heterocycles. The number of nitrogens with one attached hydrogen (secondary N) is 1. The molecule has 0 fully saturated rings. The molecule has 0 saturated carbocycles. The van der Waals surface area contributed by atoms with Gasteiger partial charge in [-0.3, -0.25) is 9.59 Å². The standard InChI is InChI=1S/C29H33ClN2O3/c1-3-31-29(34)27(20-23-10-5-4-6-11-23)32(21-24-12-7-9-22(2)19-24)28(33)13-8-18-35-26-16-14-25(30)15-17-26/h4-7,9-12,14-17,19,27H,3,8,13,18,20-21H2,1-2H3,(H,31,34)/t27-/m1/s1. The van der Waals surface area contributed by atoms with E-state index in [1.165, 1.54) is 0 Å². The van der Waals surface area contributed by atoms with Gasteiger partial charge in [0.2, 0.25) is 11.8 Å². The maximum absolute atomic E-state index is 13.5. The SMILES string of the molecule is CCNC(=O)[C@@H](Cc1ccccc1)N(Cc1cccc(C)c1)C(=O)CCCOc1ccc(Cl)cc1. The molecule has 0 aliphatic carbocycles. The monoisotopic (exact) mass is 492 g/mol. The van der Waals surface area contributed by atoms with Crippen molar-refractivity contribution < 1.29 is 14.3 Å². The Balaban J connectivity index is 1.76. The third kappa shape index (κ3) is 8.45. The fourth-order valence-corrected chi connectivity index (χ4v) is 4.07. The van der Waals surface area contributed by atoms with Crippen molar-refractivity contribution in [3.63, 3.8) is 0 Å².